The van der Waals surface area contributed by atoms with Gasteiger partial charge in [-0.1, -0.05) is 24.6 Å². The number of halogens is 1. The minimum Gasteiger partial charge on any atom is -0.376 e. The molecule has 0 saturated heterocycles. The van der Waals surface area contributed by atoms with Crippen molar-refractivity contribution < 1.29 is 0 Å². The van der Waals surface area contributed by atoms with E-state index in [0.717, 1.165) is 22.7 Å². The van der Waals surface area contributed by atoms with Gasteiger partial charge in [-0.25, -0.2) is 0 Å². The molecule has 0 saturated carbocycles. The second kappa shape index (κ2) is 6.42. The van der Waals surface area contributed by atoms with Gasteiger partial charge >= 0.3 is 0 Å². The summed E-state index contributed by atoms with van der Waals surface area (Å²) in [4.78, 5) is 2.66. The SMILES string of the molecule is CCc1ccc(C(CN)Nc2ccc(C)c(Cl)c2)s1. The Labute approximate surface area is 123 Å². The van der Waals surface area contributed by atoms with Crippen molar-refractivity contribution in [2.24, 2.45) is 5.73 Å². The molecule has 0 aliphatic heterocycles. The van der Waals surface area contributed by atoms with Crippen LogP contribution in [0, 0.1) is 6.92 Å². The van der Waals surface area contributed by atoms with Crippen molar-refractivity contribution in [1.82, 2.24) is 0 Å². The fraction of sp³-hybridized carbons (Fsp3) is 0.333. The van der Waals surface area contributed by atoms with Crippen molar-refractivity contribution in [1.29, 1.82) is 0 Å². The predicted molar refractivity (Wildman–Crippen MR) is 85.3 cm³/mol. The third-order valence-corrected chi connectivity index (χ3v) is 4.87. The lowest BCUT2D eigenvalue weighted by Crippen LogP contribution is -2.19. The maximum absolute atomic E-state index is 6.14. The van der Waals surface area contributed by atoms with Crippen molar-refractivity contribution >= 4 is 28.6 Å². The molecule has 2 aromatic rings. The van der Waals surface area contributed by atoms with Crippen LogP contribution in [0.5, 0.6) is 0 Å². The van der Waals surface area contributed by atoms with Crippen LogP contribution in [0.3, 0.4) is 0 Å². The highest BCUT2D eigenvalue weighted by molar-refractivity contribution is 7.12. The average molecular weight is 295 g/mol. The molecule has 2 rings (SSSR count). The van der Waals surface area contributed by atoms with E-state index in [0.29, 0.717) is 6.54 Å². The number of thiophene rings is 1. The Hall–Kier alpha value is -1.03. The molecule has 0 aliphatic carbocycles. The Balaban J connectivity index is 2.16. The van der Waals surface area contributed by atoms with Gasteiger partial charge < -0.3 is 11.1 Å². The van der Waals surface area contributed by atoms with E-state index in [2.05, 4.69) is 24.4 Å². The second-order valence-corrected chi connectivity index (χ2v) is 6.16. The minimum atomic E-state index is 0.143. The Morgan fingerprint density at radius 1 is 1.32 bits per heavy atom. The molecule has 2 nitrogen and oxygen atoms in total. The zero-order chi connectivity index (χ0) is 13.8. The molecule has 1 aromatic carbocycles. The molecule has 0 amide bonds. The molecule has 19 heavy (non-hydrogen) atoms. The van der Waals surface area contributed by atoms with Crippen LogP contribution in [0.15, 0.2) is 30.3 Å². The molecule has 1 unspecified atom stereocenters. The van der Waals surface area contributed by atoms with E-state index in [-0.39, 0.29) is 6.04 Å². The number of rotatable bonds is 5. The van der Waals surface area contributed by atoms with Gasteiger partial charge in [0.25, 0.3) is 0 Å². The Kier molecular flexibility index (Phi) is 4.86. The van der Waals surface area contributed by atoms with Crippen LogP contribution in [-0.2, 0) is 6.42 Å². The van der Waals surface area contributed by atoms with E-state index in [1.807, 2.05) is 36.5 Å². The highest BCUT2D eigenvalue weighted by atomic mass is 35.5. The van der Waals surface area contributed by atoms with Crippen LogP contribution in [0.1, 0.15) is 28.3 Å². The monoisotopic (exact) mass is 294 g/mol. The number of nitrogens with two attached hydrogens (primary N) is 1. The highest BCUT2D eigenvalue weighted by Crippen LogP contribution is 2.28. The van der Waals surface area contributed by atoms with Gasteiger partial charge in [-0.05, 0) is 43.2 Å². The first-order valence-corrected chi connectivity index (χ1v) is 7.64. The topological polar surface area (TPSA) is 38.0 Å². The van der Waals surface area contributed by atoms with E-state index in [1.165, 1.54) is 9.75 Å². The van der Waals surface area contributed by atoms with E-state index in [1.54, 1.807) is 0 Å². The maximum Gasteiger partial charge on any atom is 0.0728 e. The van der Waals surface area contributed by atoms with Crippen LogP contribution in [0.25, 0.3) is 0 Å². The summed E-state index contributed by atoms with van der Waals surface area (Å²) in [5.41, 5.74) is 7.98. The minimum absolute atomic E-state index is 0.143. The zero-order valence-electron chi connectivity index (χ0n) is 11.2. The van der Waals surface area contributed by atoms with E-state index in [9.17, 15) is 0 Å². The quantitative estimate of drug-likeness (QED) is 0.858. The molecule has 0 bridgehead atoms. The normalized spacial score (nSPS) is 12.4. The fourth-order valence-corrected chi connectivity index (χ4v) is 3.10. The molecule has 0 fully saturated rings. The van der Waals surface area contributed by atoms with Gasteiger partial charge in [-0.15, -0.1) is 11.3 Å². The van der Waals surface area contributed by atoms with Gasteiger partial charge in [0, 0.05) is 27.0 Å². The van der Waals surface area contributed by atoms with Gasteiger partial charge in [0.05, 0.1) is 6.04 Å². The van der Waals surface area contributed by atoms with E-state index < -0.39 is 0 Å². The van der Waals surface area contributed by atoms with Crippen LogP contribution < -0.4 is 11.1 Å². The van der Waals surface area contributed by atoms with Crippen molar-refractivity contribution in [3.63, 3.8) is 0 Å². The summed E-state index contributed by atoms with van der Waals surface area (Å²) < 4.78 is 0. The van der Waals surface area contributed by atoms with Gasteiger partial charge in [0.15, 0.2) is 0 Å². The maximum atomic E-state index is 6.14. The largest absolute Gasteiger partial charge is 0.376 e. The molecule has 4 heteroatoms. The van der Waals surface area contributed by atoms with E-state index in [4.69, 9.17) is 17.3 Å². The van der Waals surface area contributed by atoms with Crippen LogP contribution in [-0.4, -0.2) is 6.54 Å². The lowest BCUT2D eigenvalue weighted by molar-refractivity contribution is 0.806. The molecule has 0 spiro atoms. The summed E-state index contributed by atoms with van der Waals surface area (Å²) in [5.74, 6) is 0. The number of benzene rings is 1. The van der Waals surface area contributed by atoms with E-state index >= 15 is 0 Å². The van der Waals surface area contributed by atoms with Gasteiger partial charge in [-0.3, -0.25) is 0 Å². The lowest BCUT2D eigenvalue weighted by atomic mass is 10.2. The van der Waals surface area contributed by atoms with Crippen LogP contribution in [0.2, 0.25) is 5.02 Å². The Morgan fingerprint density at radius 2 is 2.11 bits per heavy atom. The third-order valence-electron chi connectivity index (χ3n) is 3.12. The summed E-state index contributed by atoms with van der Waals surface area (Å²) in [6.45, 7) is 4.73. The first-order valence-electron chi connectivity index (χ1n) is 6.45. The van der Waals surface area contributed by atoms with Gasteiger partial charge in [0.1, 0.15) is 0 Å². The smallest absolute Gasteiger partial charge is 0.0728 e. The lowest BCUT2D eigenvalue weighted by Gasteiger charge is -2.17. The molecule has 0 aliphatic rings. The summed E-state index contributed by atoms with van der Waals surface area (Å²) >= 11 is 7.96. The number of aryl methyl sites for hydroxylation is 2. The van der Waals surface area contributed by atoms with Crippen LogP contribution in [0.4, 0.5) is 5.69 Å². The number of nitrogens with one attached hydrogen (secondary N) is 1. The van der Waals surface area contributed by atoms with Crippen LogP contribution >= 0.6 is 22.9 Å². The summed E-state index contributed by atoms with van der Waals surface area (Å²) in [7, 11) is 0. The Bertz CT molecular complexity index is 551. The molecule has 0 radical (unpaired) electrons. The molecule has 1 aromatic heterocycles. The highest BCUT2D eigenvalue weighted by Gasteiger charge is 2.12. The molecule has 102 valence electrons. The van der Waals surface area contributed by atoms with Gasteiger partial charge in [-0.2, -0.15) is 0 Å². The first-order chi connectivity index (χ1) is 9.13. The van der Waals surface area contributed by atoms with Crippen molar-refractivity contribution in [3.05, 3.63) is 50.7 Å². The standard InChI is InChI=1S/C15H19ClN2S/c1-3-12-6-7-15(19-12)14(9-17)18-11-5-4-10(2)13(16)8-11/h4-8,14,18H,3,9,17H2,1-2H3. The average Bonchev–Trinajstić information content (AvgIpc) is 2.88. The zero-order valence-corrected chi connectivity index (χ0v) is 12.8. The number of hydrogen-bond acceptors (Lipinski definition) is 3. The van der Waals surface area contributed by atoms with Crippen molar-refractivity contribution in [2.45, 2.75) is 26.3 Å². The summed E-state index contributed by atoms with van der Waals surface area (Å²) in [6.07, 6.45) is 1.07. The number of hydrogen-bond donors (Lipinski definition) is 2. The summed E-state index contributed by atoms with van der Waals surface area (Å²) in [5, 5.41) is 4.23. The Morgan fingerprint density at radius 3 is 2.68 bits per heavy atom. The first kappa shape index (κ1) is 14.4. The second-order valence-electron chi connectivity index (χ2n) is 4.55. The fourth-order valence-electron chi connectivity index (χ4n) is 1.90. The molecular weight excluding hydrogens is 276 g/mol. The number of anilines is 1. The molecule has 1 atom stereocenters. The third kappa shape index (κ3) is 3.50. The van der Waals surface area contributed by atoms with Gasteiger partial charge in [0.2, 0.25) is 0 Å². The van der Waals surface area contributed by atoms with Crippen molar-refractivity contribution in [2.75, 3.05) is 11.9 Å². The summed E-state index contributed by atoms with van der Waals surface area (Å²) in [6, 6.07) is 10.5. The predicted octanol–water partition coefficient (Wildman–Crippen LogP) is 4.38. The molecule has 3 N–H and O–H groups in total. The molecule has 1 heterocycles. The molecular formula is C15H19ClN2S. The van der Waals surface area contributed by atoms with Crippen molar-refractivity contribution in [3.8, 4) is 0 Å².